The number of thiophene rings is 1. The first-order chi connectivity index (χ1) is 7.29. The summed E-state index contributed by atoms with van der Waals surface area (Å²) in [5, 5.41) is 13.0. The Bertz CT molecular complexity index is 411. The predicted octanol–water partition coefficient (Wildman–Crippen LogP) is 1.86. The topological polar surface area (TPSA) is 49.5 Å². The summed E-state index contributed by atoms with van der Waals surface area (Å²) in [6.07, 6.45) is 1.47. The number of hydrogen-bond donors (Lipinski definition) is 1. The van der Waals surface area contributed by atoms with Gasteiger partial charge in [-0.25, -0.2) is 0 Å². The second kappa shape index (κ2) is 4.46. The smallest absolute Gasteiger partial charge is 0.297 e. The lowest BCUT2D eigenvalue weighted by Gasteiger charge is -2.12. The van der Waals surface area contributed by atoms with Gasteiger partial charge >= 0.3 is 0 Å². The van der Waals surface area contributed by atoms with Gasteiger partial charge in [0, 0.05) is 13.6 Å². The van der Waals surface area contributed by atoms with Gasteiger partial charge in [0.25, 0.3) is 6.01 Å². The van der Waals surface area contributed by atoms with E-state index in [2.05, 4.69) is 16.4 Å². The normalized spacial score (nSPS) is 10.5. The largest absolute Gasteiger partial charge is 0.432 e. The monoisotopic (exact) mass is 224 g/mol. The highest BCUT2D eigenvalue weighted by molar-refractivity contribution is 7.07. The molecule has 5 heteroatoms. The first kappa shape index (κ1) is 10.2. The third-order valence-electron chi connectivity index (χ3n) is 2.03. The van der Waals surface area contributed by atoms with Crippen molar-refractivity contribution in [2.24, 2.45) is 0 Å². The van der Waals surface area contributed by atoms with Gasteiger partial charge in [0.05, 0.1) is 6.61 Å². The van der Waals surface area contributed by atoms with Crippen LogP contribution in [-0.4, -0.2) is 17.1 Å². The molecular formula is C10H12N2O2S. The number of oxazole rings is 1. The Hall–Kier alpha value is -1.33. The summed E-state index contributed by atoms with van der Waals surface area (Å²) < 4.78 is 5.22. The van der Waals surface area contributed by atoms with Crippen LogP contribution in [0.25, 0.3) is 0 Å². The molecule has 0 saturated heterocycles. The Morgan fingerprint density at radius 2 is 2.47 bits per heavy atom. The molecule has 0 fully saturated rings. The van der Waals surface area contributed by atoms with Crippen molar-refractivity contribution < 1.29 is 9.52 Å². The summed E-state index contributed by atoms with van der Waals surface area (Å²) in [5.41, 5.74) is 1.79. The summed E-state index contributed by atoms with van der Waals surface area (Å²) in [6, 6.07) is 2.60. The minimum Gasteiger partial charge on any atom is -0.432 e. The van der Waals surface area contributed by atoms with Gasteiger partial charge in [-0.3, -0.25) is 0 Å². The molecule has 15 heavy (non-hydrogen) atoms. The minimum absolute atomic E-state index is 0.0875. The average molecular weight is 224 g/mol. The molecule has 0 radical (unpaired) electrons. The fourth-order valence-electron chi connectivity index (χ4n) is 1.27. The number of aromatic nitrogens is 1. The third kappa shape index (κ3) is 2.37. The molecule has 2 heterocycles. The van der Waals surface area contributed by atoms with Crippen LogP contribution < -0.4 is 4.90 Å². The molecule has 2 rings (SSSR count). The van der Waals surface area contributed by atoms with E-state index in [1.54, 1.807) is 11.3 Å². The minimum atomic E-state index is -0.0875. The second-order valence-corrected chi connectivity index (χ2v) is 4.05. The number of nitrogens with zero attached hydrogens (tertiary/aromatic N) is 2. The Labute approximate surface area is 91.8 Å². The van der Waals surface area contributed by atoms with Gasteiger partial charge in [0.15, 0.2) is 0 Å². The van der Waals surface area contributed by atoms with Crippen molar-refractivity contribution in [2.45, 2.75) is 13.2 Å². The van der Waals surface area contributed by atoms with Crippen LogP contribution >= 0.6 is 11.3 Å². The van der Waals surface area contributed by atoms with Gasteiger partial charge < -0.3 is 14.4 Å². The first-order valence-electron chi connectivity index (χ1n) is 4.57. The molecular weight excluding hydrogens is 212 g/mol. The molecule has 0 aromatic carbocycles. The molecule has 4 nitrogen and oxygen atoms in total. The lowest BCUT2D eigenvalue weighted by atomic mass is 10.3. The quantitative estimate of drug-likeness (QED) is 0.861. The molecule has 2 aromatic heterocycles. The SMILES string of the molecule is CN(Cc1ccsc1)c1nc(CO)co1. The number of anilines is 1. The van der Waals surface area contributed by atoms with E-state index in [-0.39, 0.29) is 6.61 Å². The maximum atomic E-state index is 8.85. The molecule has 0 amide bonds. The molecule has 0 aliphatic carbocycles. The van der Waals surface area contributed by atoms with Gasteiger partial charge in [-0.2, -0.15) is 16.3 Å². The highest BCUT2D eigenvalue weighted by atomic mass is 32.1. The van der Waals surface area contributed by atoms with Crippen LogP contribution in [0, 0.1) is 0 Å². The van der Waals surface area contributed by atoms with Crippen LogP contribution in [-0.2, 0) is 13.2 Å². The zero-order chi connectivity index (χ0) is 10.7. The molecule has 0 spiro atoms. The summed E-state index contributed by atoms with van der Waals surface area (Å²) in [4.78, 5) is 6.03. The molecule has 80 valence electrons. The summed E-state index contributed by atoms with van der Waals surface area (Å²) in [7, 11) is 1.91. The molecule has 0 aliphatic rings. The van der Waals surface area contributed by atoms with Gasteiger partial charge in [-0.05, 0) is 22.4 Å². The van der Waals surface area contributed by atoms with Crippen LogP contribution in [0.1, 0.15) is 11.3 Å². The molecule has 0 unspecified atom stereocenters. The van der Waals surface area contributed by atoms with E-state index in [9.17, 15) is 0 Å². The molecule has 0 atom stereocenters. The summed E-state index contributed by atoms with van der Waals surface area (Å²) in [5.74, 6) is 0. The first-order valence-corrected chi connectivity index (χ1v) is 5.51. The fraction of sp³-hybridized carbons (Fsp3) is 0.300. The standard InChI is InChI=1S/C10H12N2O2S/c1-12(4-8-2-3-15-7-8)10-11-9(5-13)6-14-10/h2-3,6-7,13H,4-5H2,1H3. The summed E-state index contributed by atoms with van der Waals surface area (Å²) >= 11 is 1.67. The van der Waals surface area contributed by atoms with Crippen LogP contribution in [0.4, 0.5) is 6.01 Å². The average Bonchev–Trinajstić information content (AvgIpc) is 2.86. The zero-order valence-electron chi connectivity index (χ0n) is 8.38. The zero-order valence-corrected chi connectivity index (χ0v) is 9.20. The van der Waals surface area contributed by atoms with E-state index in [4.69, 9.17) is 9.52 Å². The Balaban J connectivity index is 2.04. The van der Waals surface area contributed by atoms with Gasteiger partial charge in [0.2, 0.25) is 0 Å². The number of aliphatic hydroxyl groups is 1. The maximum Gasteiger partial charge on any atom is 0.297 e. The van der Waals surface area contributed by atoms with Gasteiger partial charge in [-0.15, -0.1) is 0 Å². The second-order valence-electron chi connectivity index (χ2n) is 3.27. The van der Waals surface area contributed by atoms with Crippen LogP contribution in [0.5, 0.6) is 0 Å². The predicted molar refractivity (Wildman–Crippen MR) is 58.9 cm³/mol. The van der Waals surface area contributed by atoms with Crippen LogP contribution in [0.3, 0.4) is 0 Å². The number of hydrogen-bond acceptors (Lipinski definition) is 5. The van der Waals surface area contributed by atoms with Crippen molar-refractivity contribution in [3.63, 3.8) is 0 Å². The molecule has 0 aliphatic heterocycles. The van der Waals surface area contributed by atoms with E-state index in [0.717, 1.165) is 6.54 Å². The van der Waals surface area contributed by atoms with Crippen molar-refractivity contribution in [3.05, 3.63) is 34.3 Å². The Morgan fingerprint density at radius 3 is 3.07 bits per heavy atom. The lowest BCUT2D eigenvalue weighted by Crippen LogP contribution is -2.16. The van der Waals surface area contributed by atoms with Crippen molar-refractivity contribution in [1.82, 2.24) is 4.98 Å². The van der Waals surface area contributed by atoms with E-state index >= 15 is 0 Å². The molecule has 2 aromatic rings. The fourth-order valence-corrected chi connectivity index (χ4v) is 1.93. The van der Waals surface area contributed by atoms with Crippen molar-refractivity contribution in [1.29, 1.82) is 0 Å². The Morgan fingerprint density at radius 1 is 1.60 bits per heavy atom. The van der Waals surface area contributed by atoms with E-state index in [1.807, 2.05) is 17.3 Å². The molecule has 1 N–H and O–H groups in total. The summed E-state index contributed by atoms with van der Waals surface area (Å²) in [6.45, 7) is 0.671. The van der Waals surface area contributed by atoms with E-state index in [1.165, 1.54) is 11.8 Å². The van der Waals surface area contributed by atoms with Crippen molar-refractivity contribution >= 4 is 17.4 Å². The lowest BCUT2D eigenvalue weighted by molar-refractivity contribution is 0.276. The number of rotatable bonds is 4. The molecule has 0 saturated carbocycles. The van der Waals surface area contributed by atoms with E-state index < -0.39 is 0 Å². The van der Waals surface area contributed by atoms with Crippen molar-refractivity contribution in [2.75, 3.05) is 11.9 Å². The van der Waals surface area contributed by atoms with Crippen LogP contribution in [0.2, 0.25) is 0 Å². The highest BCUT2D eigenvalue weighted by Crippen LogP contribution is 2.16. The van der Waals surface area contributed by atoms with Gasteiger partial charge in [-0.1, -0.05) is 0 Å². The number of aliphatic hydroxyl groups excluding tert-OH is 1. The van der Waals surface area contributed by atoms with Crippen molar-refractivity contribution in [3.8, 4) is 0 Å². The van der Waals surface area contributed by atoms with Crippen LogP contribution in [0.15, 0.2) is 27.5 Å². The third-order valence-corrected chi connectivity index (χ3v) is 2.76. The Kier molecular flexibility index (Phi) is 3.03. The van der Waals surface area contributed by atoms with E-state index in [0.29, 0.717) is 11.7 Å². The van der Waals surface area contributed by atoms with Gasteiger partial charge in [0.1, 0.15) is 12.0 Å². The molecule has 0 bridgehead atoms. The highest BCUT2D eigenvalue weighted by Gasteiger charge is 2.08. The maximum absolute atomic E-state index is 8.85.